The monoisotopic (exact) mass is 636 g/mol. The number of hydrogen-bond donors (Lipinski definition) is 0. The van der Waals surface area contributed by atoms with Gasteiger partial charge in [0, 0.05) is 7.26 Å². The van der Waals surface area contributed by atoms with Crippen molar-refractivity contribution in [2.24, 2.45) is 0 Å². The molecule has 3 aromatic carbocycles. The van der Waals surface area contributed by atoms with E-state index in [-0.39, 0.29) is 5.97 Å². The molecule has 0 fully saturated rings. The molecule has 0 amide bonds. The average Bonchev–Trinajstić information content (AvgIpc) is 2.73. The first-order valence-corrected chi connectivity index (χ1v) is 18.0. The number of carbonyl (C=O) groups is 1. The second-order valence-electron chi connectivity index (χ2n) is 5.51. The van der Waals surface area contributed by atoms with Crippen molar-refractivity contribution in [2.75, 3.05) is 7.11 Å². The zero-order valence-corrected chi connectivity index (χ0v) is 20.3. The molecule has 28 heavy (non-hydrogen) atoms. The van der Waals surface area contributed by atoms with Crippen LogP contribution >= 0.6 is 34.8 Å². The van der Waals surface area contributed by atoms with E-state index in [1.54, 1.807) is 6.16 Å². The molecule has 0 unspecified atom stereocenters. The summed E-state index contributed by atoms with van der Waals surface area (Å²) in [4.78, 5) is 12.3. The van der Waals surface area contributed by atoms with Crippen molar-refractivity contribution in [3.05, 3.63) is 97.2 Å². The third-order valence-electron chi connectivity index (χ3n) is 3.99. The molecule has 152 valence electrons. The summed E-state index contributed by atoms with van der Waals surface area (Å²) in [5.74, 6) is -0.306. The van der Waals surface area contributed by atoms with E-state index in [1.807, 2.05) is 54.6 Å². The van der Waals surface area contributed by atoms with Crippen LogP contribution in [0.15, 0.2) is 91.0 Å². The Bertz CT molecular complexity index is 750. The van der Waals surface area contributed by atoms with Gasteiger partial charge in [-0.25, -0.2) is 0 Å². The Morgan fingerprint density at radius 1 is 0.750 bits per heavy atom. The molecule has 0 saturated carbocycles. The molecule has 0 N–H and O–H groups in total. The topological polar surface area (TPSA) is 26.3 Å². The van der Waals surface area contributed by atoms with E-state index in [2.05, 4.69) is 36.4 Å². The molecule has 2 nitrogen and oxygen atoms in total. The van der Waals surface area contributed by atoms with Crippen LogP contribution in [0.1, 0.15) is 0 Å². The molecule has 0 heterocycles. The van der Waals surface area contributed by atoms with Crippen molar-refractivity contribution in [1.82, 2.24) is 0 Å². The van der Waals surface area contributed by atoms with Gasteiger partial charge in [-0.1, -0.05) is 54.6 Å². The van der Waals surface area contributed by atoms with Crippen molar-refractivity contribution < 1.29 is 24.7 Å². The number of hydrogen-bond acceptors (Lipinski definition) is 2. The van der Waals surface area contributed by atoms with Gasteiger partial charge in [0.1, 0.15) is 0 Å². The number of esters is 1. The van der Waals surface area contributed by atoms with Crippen molar-refractivity contribution >= 4 is 56.7 Å². The first-order chi connectivity index (χ1) is 13.5. The van der Waals surface area contributed by atoms with Crippen LogP contribution in [-0.2, 0) is 24.7 Å². The number of carbonyl (C=O) groups excluding carboxylic acids is 1. The predicted molar refractivity (Wildman–Crippen MR) is 119 cm³/mol. The fraction of sp³-hybridized carbons (Fsp3) is 0.0476. The third-order valence-corrected chi connectivity index (χ3v) is 7.93. The van der Waals surface area contributed by atoms with Gasteiger partial charge in [-0.05, 0) is 36.4 Å². The van der Waals surface area contributed by atoms with Gasteiger partial charge in [-0.2, -0.15) is 0 Å². The Kier molecular flexibility index (Phi) is 9.91. The molecule has 7 heteroatoms. The summed E-state index contributed by atoms with van der Waals surface area (Å²) in [6.45, 7) is 0. The Morgan fingerprint density at radius 3 is 1.29 bits per heavy atom. The minimum absolute atomic E-state index is 0.306. The van der Waals surface area contributed by atoms with E-state index in [9.17, 15) is 4.79 Å². The van der Waals surface area contributed by atoms with Crippen LogP contribution in [0.3, 0.4) is 0 Å². The molecule has 0 radical (unpaired) electrons. The van der Waals surface area contributed by atoms with Gasteiger partial charge in [0.05, 0.1) is 23.0 Å². The summed E-state index contributed by atoms with van der Waals surface area (Å²) in [5.41, 5.74) is 0. The van der Waals surface area contributed by atoms with Crippen LogP contribution in [0.25, 0.3) is 0 Å². The van der Waals surface area contributed by atoms with Gasteiger partial charge in [-0.15, -0.1) is 6.16 Å². The van der Waals surface area contributed by atoms with Crippen LogP contribution in [0.2, 0.25) is 0 Å². The zero-order chi connectivity index (χ0) is 20.4. The summed E-state index contributed by atoms with van der Waals surface area (Å²) in [5, 5.41) is 3.40. The van der Waals surface area contributed by atoms with Crippen LogP contribution in [-0.4, -0.2) is 13.1 Å². The average molecular weight is 638 g/mol. The van der Waals surface area contributed by atoms with Crippen molar-refractivity contribution in [2.45, 2.75) is 0 Å². The molecule has 0 saturated heterocycles. The molecule has 0 bridgehead atoms. The van der Waals surface area contributed by atoms with Crippen LogP contribution in [0.5, 0.6) is 0 Å². The summed E-state index contributed by atoms with van der Waals surface area (Å²) >= 11 is -1.79. The van der Waals surface area contributed by atoms with E-state index in [0.29, 0.717) is 0 Å². The van der Waals surface area contributed by atoms with E-state index in [4.69, 9.17) is 32.3 Å². The number of ether oxygens (including phenoxy) is 1. The first kappa shape index (κ1) is 23.3. The molecular formula is C21H19AuCl3O2P. The molecule has 0 aliphatic heterocycles. The summed E-state index contributed by atoms with van der Waals surface area (Å²) in [7, 11) is 14.1. The quantitative estimate of drug-likeness (QED) is 0.163. The van der Waals surface area contributed by atoms with Gasteiger partial charge < -0.3 is 4.74 Å². The fourth-order valence-electron chi connectivity index (χ4n) is 2.87. The molecule has 0 spiro atoms. The van der Waals surface area contributed by atoms with Crippen LogP contribution in [0, 0.1) is 6.16 Å². The molecule has 0 atom stereocenters. The Balaban J connectivity index is 0.000000640. The van der Waals surface area contributed by atoms with Crippen molar-refractivity contribution in [3.8, 4) is 0 Å². The van der Waals surface area contributed by atoms with Gasteiger partial charge in [-0.3, -0.25) is 4.79 Å². The van der Waals surface area contributed by atoms with Gasteiger partial charge in [0.25, 0.3) is 0 Å². The van der Waals surface area contributed by atoms with Gasteiger partial charge in [0.2, 0.25) is 5.97 Å². The molecule has 0 aliphatic carbocycles. The SMILES string of the molecule is COC(=O)[CH-][P+](c1ccccc1)(c1ccccc1)c1ccccc1.[Cl][Au]([Cl])[Cl]. The molecule has 3 aromatic rings. The third kappa shape index (κ3) is 6.27. The second kappa shape index (κ2) is 11.9. The van der Waals surface area contributed by atoms with E-state index in [0.717, 1.165) is 15.9 Å². The second-order valence-corrected chi connectivity index (χ2v) is 18.2. The summed E-state index contributed by atoms with van der Waals surface area (Å²) in [6.07, 6.45) is 1.77. The minimum atomic E-state index is -2.23. The fourth-order valence-corrected chi connectivity index (χ4v) is 6.56. The van der Waals surface area contributed by atoms with E-state index in [1.165, 1.54) is 7.11 Å². The number of rotatable bonds is 5. The standard InChI is InChI=1S/C21H19O2P.Au.3ClH/c1-23-21(22)17-24(18-11-5-2-6-12-18,19-13-7-3-8-14-19)20-15-9-4-10-16-20;;;;/h2-17H,1H3;;3*1H/q;+3;;;/p-3. The zero-order valence-electron chi connectivity index (χ0n) is 14.9. The van der Waals surface area contributed by atoms with E-state index >= 15 is 0 Å². The molecular weight excluding hydrogens is 619 g/mol. The first-order valence-electron chi connectivity index (χ1n) is 8.11. The van der Waals surface area contributed by atoms with Crippen molar-refractivity contribution in [1.29, 1.82) is 0 Å². The van der Waals surface area contributed by atoms with Crippen LogP contribution in [0.4, 0.5) is 0 Å². The van der Waals surface area contributed by atoms with Crippen LogP contribution < -0.4 is 15.9 Å². The Morgan fingerprint density at radius 2 is 1.04 bits per heavy atom. The molecule has 0 aliphatic rings. The predicted octanol–water partition coefficient (Wildman–Crippen LogP) is 5.38. The van der Waals surface area contributed by atoms with Crippen molar-refractivity contribution in [3.63, 3.8) is 0 Å². The Labute approximate surface area is 184 Å². The molecule has 0 aromatic heterocycles. The summed E-state index contributed by atoms with van der Waals surface area (Å²) < 4.78 is 5.00. The van der Waals surface area contributed by atoms with Gasteiger partial charge >= 0.3 is 42.8 Å². The maximum atomic E-state index is 12.3. The number of benzene rings is 3. The number of methoxy groups -OCH3 is 1. The summed E-state index contributed by atoms with van der Waals surface area (Å²) in [6, 6.07) is 30.6. The van der Waals surface area contributed by atoms with E-state index < -0.39 is 22.5 Å². The maximum absolute atomic E-state index is 12.3. The van der Waals surface area contributed by atoms with Gasteiger partial charge in [0.15, 0.2) is 0 Å². The Hall–Kier alpha value is -0.960. The normalized spacial score (nSPS) is 10.9. The molecule has 3 rings (SSSR count). The number of halogens is 3.